The summed E-state index contributed by atoms with van der Waals surface area (Å²) in [5, 5.41) is 0. The number of hydrogen-bond donors (Lipinski definition) is 1. The molecule has 0 fully saturated rings. The lowest BCUT2D eigenvalue weighted by Gasteiger charge is -2.13. The Morgan fingerprint density at radius 2 is 1.86 bits per heavy atom. The van der Waals surface area contributed by atoms with Crippen molar-refractivity contribution in [2.24, 2.45) is 5.73 Å². The van der Waals surface area contributed by atoms with E-state index in [0.29, 0.717) is 33.0 Å². The zero-order valence-electron chi connectivity index (χ0n) is 13.1. The third-order valence-corrected chi connectivity index (χ3v) is 2.86. The van der Waals surface area contributed by atoms with Gasteiger partial charge in [-0.25, -0.2) is 0 Å². The molecule has 0 aliphatic rings. The normalized spacial score (nSPS) is 10.6. The van der Waals surface area contributed by atoms with Gasteiger partial charge in [0.2, 0.25) is 0 Å². The van der Waals surface area contributed by atoms with Crippen LogP contribution in [0.4, 0.5) is 0 Å². The van der Waals surface area contributed by atoms with Crippen molar-refractivity contribution in [3.8, 4) is 11.5 Å². The van der Waals surface area contributed by atoms with E-state index in [1.165, 1.54) is 0 Å². The number of methoxy groups -OCH3 is 1. The lowest BCUT2D eigenvalue weighted by atomic mass is 10.1. The Kier molecular flexibility index (Phi) is 9.61. The van der Waals surface area contributed by atoms with E-state index in [2.05, 4.69) is 0 Å². The highest BCUT2D eigenvalue weighted by Crippen LogP contribution is 2.28. The van der Waals surface area contributed by atoms with Crippen LogP contribution in [0.25, 0.3) is 0 Å². The summed E-state index contributed by atoms with van der Waals surface area (Å²) in [6.07, 6.45) is 1.73. The molecule has 0 spiro atoms. The average molecular weight is 297 g/mol. The molecule has 0 saturated carbocycles. The molecule has 0 unspecified atom stereocenters. The predicted octanol–water partition coefficient (Wildman–Crippen LogP) is 2.02. The van der Waals surface area contributed by atoms with Gasteiger partial charge in [-0.2, -0.15) is 0 Å². The molecule has 2 N–H and O–H groups in total. The molecule has 0 aromatic heterocycles. The lowest BCUT2D eigenvalue weighted by Crippen LogP contribution is -2.10. The van der Waals surface area contributed by atoms with Crippen molar-refractivity contribution >= 4 is 0 Å². The van der Waals surface area contributed by atoms with E-state index < -0.39 is 0 Å². The molecule has 0 saturated heterocycles. The van der Waals surface area contributed by atoms with Gasteiger partial charge in [-0.3, -0.25) is 0 Å². The van der Waals surface area contributed by atoms with Crippen molar-refractivity contribution in [1.82, 2.24) is 0 Å². The number of nitrogens with two attached hydrogens (primary N) is 1. The van der Waals surface area contributed by atoms with E-state index in [1.807, 2.05) is 25.1 Å². The second-order valence-electron chi connectivity index (χ2n) is 4.56. The number of benzene rings is 1. The van der Waals surface area contributed by atoms with Gasteiger partial charge in [-0.05, 0) is 44.0 Å². The summed E-state index contributed by atoms with van der Waals surface area (Å²) >= 11 is 0. The molecule has 5 nitrogen and oxygen atoms in total. The van der Waals surface area contributed by atoms with Crippen molar-refractivity contribution in [2.75, 3.05) is 46.7 Å². The predicted molar refractivity (Wildman–Crippen MR) is 83.2 cm³/mol. The fraction of sp³-hybridized carbons (Fsp3) is 0.625. The Hall–Kier alpha value is -1.30. The van der Waals surface area contributed by atoms with E-state index in [1.54, 1.807) is 7.11 Å². The second-order valence-corrected chi connectivity index (χ2v) is 4.56. The first kappa shape index (κ1) is 17.8. The molecule has 5 heteroatoms. The lowest BCUT2D eigenvalue weighted by molar-refractivity contribution is 0.0798. The van der Waals surface area contributed by atoms with Crippen LogP contribution in [0, 0.1) is 0 Å². The van der Waals surface area contributed by atoms with Gasteiger partial charge in [0.15, 0.2) is 11.5 Å². The SMILES string of the molecule is CCOc1cc(CCN)ccc1OCCOCCCOC. The Morgan fingerprint density at radius 1 is 1.00 bits per heavy atom. The number of ether oxygens (including phenoxy) is 4. The van der Waals surface area contributed by atoms with E-state index in [4.69, 9.17) is 24.7 Å². The minimum Gasteiger partial charge on any atom is -0.490 e. The van der Waals surface area contributed by atoms with Crippen LogP contribution >= 0.6 is 0 Å². The summed E-state index contributed by atoms with van der Waals surface area (Å²) in [6, 6.07) is 5.94. The Labute approximate surface area is 127 Å². The van der Waals surface area contributed by atoms with Crippen LogP contribution in [0.5, 0.6) is 11.5 Å². The first-order valence-electron chi connectivity index (χ1n) is 7.47. The van der Waals surface area contributed by atoms with E-state index in [0.717, 1.165) is 36.5 Å². The molecule has 0 bridgehead atoms. The Balaban J connectivity index is 2.38. The molecule has 0 heterocycles. The molecule has 1 aromatic rings. The van der Waals surface area contributed by atoms with Gasteiger partial charge in [0.1, 0.15) is 6.61 Å². The fourth-order valence-corrected chi connectivity index (χ4v) is 1.88. The topological polar surface area (TPSA) is 62.9 Å². The maximum absolute atomic E-state index is 5.72. The number of rotatable bonds is 12. The highest BCUT2D eigenvalue weighted by Gasteiger charge is 2.06. The van der Waals surface area contributed by atoms with Gasteiger partial charge in [0.05, 0.1) is 13.2 Å². The van der Waals surface area contributed by atoms with Crippen LogP contribution in [0.1, 0.15) is 18.9 Å². The van der Waals surface area contributed by atoms with Gasteiger partial charge < -0.3 is 24.7 Å². The minimum absolute atomic E-state index is 0.503. The zero-order valence-corrected chi connectivity index (χ0v) is 13.1. The Bertz CT molecular complexity index is 385. The second kappa shape index (κ2) is 11.4. The van der Waals surface area contributed by atoms with Crippen molar-refractivity contribution in [3.63, 3.8) is 0 Å². The first-order chi connectivity index (χ1) is 10.3. The molecule has 120 valence electrons. The molecule has 0 amide bonds. The highest BCUT2D eigenvalue weighted by atomic mass is 16.5. The molecule has 0 aliphatic heterocycles. The minimum atomic E-state index is 0.503. The maximum Gasteiger partial charge on any atom is 0.161 e. The van der Waals surface area contributed by atoms with Crippen LogP contribution in [0.3, 0.4) is 0 Å². The van der Waals surface area contributed by atoms with Gasteiger partial charge >= 0.3 is 0 Å². The number of hydrogen-bond acceptors (Lipinski definition) is 5. The molecule has 0 aliphatic carbocycles. The summed E-state index contributed by atoms with van der Waals surface area (Å²) in [4.78, 5) is 0. The molecule has 1 aromatic carbocycles. The molecular weight excluding hydrogens is 270 g/mol. The van der Waals surface area contributed by atoms with E-state index in [-0.39, 0.29) is 0 Å². The summed E-state index contributed by atoms with van der Waals surface area (Å²) in [7, 11) is 1.69. The van der Waals surface area contributed by atoms with Crippen molar-refractivity contribution in [2.45, 2.75) is 19.8 Å². The quantitative estimate of drug-likeness (QED) is 0.598. The van der Waals surface area contributed by atoms with Crippen molar-refractivity contribution in [1.29, 1.82) is 0 Å². The van der Waals surface area contributed by atoms with Crippen LogP contribution in [0.2, 0.25) is 0 Å². The maximum atomic E-state index is 5.72. The molecule has 21 heavy (non-hydrogen) atoms. The summed E-state index contributed by atoms with van der Waals surface area (Å²) < 4.78 is 21.7. The van der Waals surface area contributed by atoms with E-state index in [9.17, 15) is 0 Å². The van der Waals surface area contributed by atoms with Crippen LogP contribution < -0.4 is 15.2 Å². The van der Waals surface area contributed by atoms with Crippen molar-refractivity contribution < 1.29 is 18.9 Å². The first-order valence-corrected chi connectivity index (χ1v) is 7.47. The third kappa shape index (κ3) is 7.32. The van der Waals surface area contributed by atoms with Gasteiger partial charge in [0, 0.05) is 20.3 Å². The summed E-state index contributed by atoms with van der Waals surface area (Å²) in [5.74, 6) is 1.51. The average Bonchev–Trinajstić information content (AvgIpc) is 2.49. The molecule has 0 atom stereocenters. The van der Waals surface area contributed by atoms with Gasteiger partial charge in [-0.1, -0.05) is 6.07 Å². The van der Waals surface area contributed by atoms with E-state index >= 15 is 0 Å². The largest absolute Gasteiger partial charge is 0.490 e. The smallest absolute Gasteiger partial charge is 0.161 e. The van der Waals surface area contributed by atoms with Crippen molar-refractivity contribution in [3.05, 3.63) is 23.8 Å². The molecule has 1 rings (SSSR count). The summed E-state index contributed by atoms with van der Waals surface area (Å²) in [5.41, 5.74) is 6.73. The van der Waals surface area contributed by atoms with Crippen LogP contribution in [0.15, 0.2) is 18.2 Å². The van der Waals surface area contributed by atoms with Crippen LogP contribution in [-0.4, -0.2) is 46.7 Å². The van der Waals surface area contributed by atoms with Crippen LogP contribution in [-0.2, 0) is 15.9 Å². The summed E-state index contributed by atoms with van der Waals surface area (Å²) in [6.45, 7) is 5.65. The molecule has 0 radical (unpaired) electrons. The van der Waals surface area contributed by atoms with Gasteiger partial charge in [-0.15, -0.1) is 0 Å². The molecular formula is C16H27NO4. The third-order valence-electron chi connectivity index (χ3n) is 2.86. The highest BCUT2D eigenvalue weighted by molar-refractivity contribution is 5.43. The monoisotopic (exact) mass is 297 g/mol. The Morgan fingerprint density at radius 3 is 2.57 bits per heavy atom. The van der Waals surface area contributed by atoms with Gasteiger partial charge in [0.25, 0.3) is 0 Å². The zero-order chi connectivity index (χ0) is 15.3. The standard InChI is InChI=1S/C16H27NO4/c1-3-20-16-13-14(7-8-17)5-6-15(16)21-12-11-19-10-4-9-18-2/h5-6,13H,3-4,7-12,17H2,1-2H3. The fourth-order valence-electron chi connectivity index (χ4n) is 1.88.